The van der Waals surface area contributed by atoms with Crippen molar-refractivity contribution in [1.82, 2.24) is 5.32 Å². The molecule has 5 aliphatic rings. The molecule has 4 saturated carbocycles. The molecular weight excluding hydrogens is 352 g/mol. The van der Waals surface area contributed by atoms with Gasteiger partial charge in [0, 0.05) is 13.0 Å². The molecule has 3 N–H and O–H groups in total. The van der Waals surface area contributed by atoms with Crippen LogP contribution in [0.4, 0.5) is 0 Å². The molecule has 1 unspecified atom stereocenters. The molecule has 0 amide bonds. The quantitative estimate of drug-likeness (QED) is 0.634. The average Bonchev–Trinajstić information content (AvgIpc) is 3.29. The summed E-state index contributed by atoms with van der Waals surface area (Å²) in [6.45, 7) is 6.68. The van der Waals surface area contributed by atoms with Crippen molar-refractivity contribution in [2.24, 2.45) is 39.7 Å². The van der Waals surface area contributed by atoms with Crippen molar-refractivity contribution in [2.45, 2.75) is 89.9 Å². The molecule has 9 atom stereocenters. The van der Waals surface area contributed by atoms with E-state index in [1.165, 1.54) is 6.42 Å². The van der Waals surface area contributed by atoms with Crippen LogP contribution in [-0.2, 0) is 4.84 Å². The summed E-state index contributed by atoms with van der Waals surface area (Å²) in [5.74, 6) is 2.15. The summed E-state index contributed by atoms with van der Waals surface area (Å²) >= 11 is 0. The molecule has 0 aromatic carbocycles. The number of hydrogen-bond donors (Lipinski definition) is 3. The highest BCUT2D eigenvalue weighted by molar-refractivity contribution is 5.85. The van der Waals surface area contributed by atoms with E-state index in [1.807, 2.05) is 0 Å². The summed E-state index contributed by atoms with van der Waals surface area (Å²) in [5.41, 5.74) is 1.43. The van der Waals surface area contributed by atoms with Crippen LogP contribution >= 0.6 is 0 Å². The summed E-state index contributed by atoms with van der Waals surface area (Å²) in [6.07, 6.45) is 9.25. The standard InChI is InChI=1S/C23H38N2O3/c1-22-8-5-14(25-28-15-7-10-24-13-15)11-19(22)20(26)12-16-17-3-4-21(27)23(17,2)9-6-18(16)22/h15-21,24,26-27H,3-13H2,1-2H3/b25-14+/t15-,16+,17+,18+,19?,20+,21+,22-,23+/m1/s1. The van der Waals surface area contributed by atoms with Crippen molar-refractivity contribution in [1.29, 1.82) is 0 Å². The fourth-order valence-corrected chi connectivity index (χ4v) is 8.02. The first kappa shape index (κ1) is 19.3. The van der Waals surface area contributed by atoms with Crippen LogP contribution in [0.1, 0.15) is 71.6 Å². The molecule has 0 bridgehead atoms. The monoisotopic (exact) mass is 390 g/mol. The second-order valence-electron chi connectivity index (χ2n) is 11.0. The maximum Gasteiger partial charge on any atom is 0.141 e. The molecule has 1 heterocycles. The minimum atomic E-state index is -0.245. The van der Waals surface area contributed by atoms with Gasteiger partial charge in [-0.3, -0.25) is 0 Å². The molecule has 4 aliphatic carbocycles. The van der Waals surface area contributed by atoms with Crippen LogP contribution < -0.4 is 5.32 Å². The van der Waals surface area contributed by atoms with Gasteiger partial charge in [0.05, 0.1) is 17.9 Å². The Hall–Kier alpha value is -0.650. The van der Waals surface area contributed by atoms with E-state index in [2.05, 4.69) is 24.3 Å². The molecule has 158 valence electrons. The predicted molar refractivity (Wildman–Crippen MR) is 109 cm³/mol. The first-order chi connectivity index (χ1) is 13.4. The van der Waals surface area contributed by atoms with Gasteiger partial charge in [-0.05, 0) is 92.4 Å². The van der Waals surface area contributed by atoms with E-state index in [0.717, 1.165) is 70.2 Å². The maximum atomic E-state index is 11.2. The Bertz CT molecular complexity index is 633. The lowest BCUT2D eigenvalue weighted by atomic mass is 9.44. The fraction of sp³-hybridized carbons (Fsp3) is 0.957. The lowest BCUT2D eigenvalue weighted by Crippen LogP contribution is -2.58. The number of aliphatic hydroxyl groups is 2. The molecule has 0 aromatic heterocycles. The van der Waals surface area contributed by atoms with E-state index in [0.29, 0.717) is 23.7 Å². The van der Waals surface area contributed by atoms with Gasteiger partial charge in [-0.1, -0.05) is 19.0 Å². The van der Waals surface area contributed by atoms with Crippen LogP contribution in [0.15, 0.2) is 5.16 Å². The molecule has 5 nitrogen and oxygen atoms in total. The number of hydrogen-bond acceptors (Lipinski definition) is 5. The third-order valence-electron chi connectivity index (χ3n) is 9.81. The number of aliphatic hydroxyl groups excluding tert-OH is 2. The van der Waals surface area contributed by atoms with E-state index >= 15 is 0 Å². The van der Waals surface area contributed by atoms with Crippen LogP contribution in [-0.4, -0.2) is 47.3 Å². The lowest BCUT2D eigenvalue weighted by molar-refractivity contribution is -0.153. The Labute approximate surface area is 169 Å². The summed E-state index contributed by atoms with van der Waals surface area (Å²) in [5, 5.41) is 29.7. The largest absolute Gasteiger partial charge is 0.393 e. The van der Waals surface area contributed by atoms with Crippen LogP contribution in [0, 0.1) is 34.5 Å². The molecule has 0 aromatic rings. The van der Waals surface area contributed by atoms with Crippen molar-refractivity contribution >= 4 is 5.71 Å². The highest BCUT2D eigenvalue weighted by Crippen LogP contribution is 2.66. The number of nitrogens with zero attached hydrogens (tertiary/aromatic N) is 1. The lowest BCUT2D eigenvalue weighted by Gasteiger charge is -2.61. The van der Waals surface area contributed by atoms with Crippen LogP contribution in [0.5, 0.6) is 0 Å². The second kappa shape index (κ2) is 6.95. The zero-order chi connectivity index (χ0) is 19.5. The SMILES string of the molecule is C[C@]12CC[C@H]3[C@@H](C[C@H](O)C4C/C(=N/O[C@@H]5CCNC5)CC[C@@]43C)[C@@H]1CC[C@@H]2O. The van der Waals surface area contributed by atoms with E-state index < -0.39 is 0 Å². The molecular formula is C23H38N2O3. The van der Waals surface area contributed by atoms with E-state index in [9.17, 15) is 10.2 Å². The molecule has 5 heteroatoms. The number of nitrogens with one attached hydrogen (secondary N) is 1. The van der Waals surface area contributed by atoms with Gasteiger partial charge in [-0.25, -0.2) is 0 Å². The smallest absolute Gasteiger partial charge is 0.141 e. The van der Waals surface area contributed by atoms with Gasteiger partial charge in [0.15, 0.2) is 0 Å². The van der Waals surface area contributed by atoms with Crippen molar-refractivity contribution in [2.75, 3.05) is 13.1 Å². The van der Waals surface area contributed by atoms with Gasteiger partial charge in [0.1, 0.15) is 6.10 Å². The highest BCUT2D eigenvalue weighted by atomic mass is 16.6. The third kappa shape index (κ3) is 2.87. The van der Waals surface area contributed by atoms with Gasteiger partial charge < -0.3 is 20.4 Å². The molecule has 1 saturated heterocycles. The molecule has 1 aliphatic heterocycles. The third-order valence-corrected chi connectivity index (χ3v) is 9.81. The predicted octanol–water partition coefficient (Wildman–Crippen LogP) is 3.10. The maximum absolute atomic E-state index is 11.2. The van der Waals surface area contributed by atoms with E-state index in [4.69, 9.17) is 4.84 Å². The van der Waals surface area contributed by atoms with Crippen molar-refractivity contribution in [3.63, 3.8) is 0 Å². The number of fused-ring (bicyclic) bond motifs is 5. The Morgan fingerprint density at radius 1 is 1.00 bits per heavy atom. The zero-order valence-corrected chi connectivity index (χ0v) is 17.6. The van der Waals surface area contributed by atoms with Gasteiger partial charge in [-0.2, -0.15) is 0 Å². The molecule has 5 rings (SSSR count). The Morgan fingerprint density at radius 2 is 1.82 bits per heavy atom. The normalized spacial score (nSPS) is 54.9. The Kier molecular flexibility index (Phi) is 4.80. The topological polar surface area (TPSA) is 74.1 Å². The molecule has 5 fully saturated rings. The number of oxime groups is 1. The second-order valence-corrected chi connectivity index (χ2v) is 11.0. The summed E-state index contributed by atoms with van der Waals surface area (Å²) < 4.78 is 0. The first-order valence-corrected chi connectivity index (χ1v) is 11.7. The van der Waals surface area contributed by atoms with E-state index in [1.54, 1.807) is 0 Å². The minimum Gasteiger partial charge on any atom is -0.393 e. The molecule has 0 radical (unpaired) electrons. The number of rotatable bonds is 2. The zero-order valence-electron chi connectivity index (χ0n) is 17.6. The highest BCUT2D eigenvalue weighted by Gasteiger charge is 2.61. The van der Waals surface area contributed by atoms with Gasteiger partial charge in [0.2, 0.25) is 0 Å². The summed E-state index contributed by atoms with van der Waals surface area (Å²) in [6, 6.07) is 0. The Balaban J connectivity index is 1.33. The first-order valence-electron chi connectivity index (χ1n) is 11.7. The Morgan fingerprint density at radius 3 is 2.61 bits per heavy atom. The fourth-order valence-electron chi connectivity index (χ4n) is 8.02. The van der Waals surface area contributed by atoms with Crippen LogP contribution in [0.3, 0.4) is 0 Å². The van der Waals surface area contributed by atoms with Crippen molar-refractivity contribution in [3.05, 3.63) is 0 Å². The average molecular weight is 391 g/mol. The van der Waals surface area contributed by atoms with Gasteiger partial charge in [-0.15, -0.1) is 0 Å². The van der Waals surface area contributed by atoms with Gasteiger partial charge in [0.25, 0.3) is 0 Å². The van der Waals surface area contributed by atoms with Crippen molar-refractivity contribution < 1.29 is 15.1 Å². The summed E-state index contributed by atoms with van der Waals surface area (Å²) in [4.78, 5) is 5.79. The minimum absolute atomic E-state index is 0.0779. The van der Waals surface area contributed by atoms with Crippen molar-refractivity contribution in [3.8, 4) is 0 Å². The molecule has 28 heavy (non-hydrogen) atoms. The van der Waals surface area contributed by atoms with Gasteiger partial charge >= 0.3 is 0 Å². The summed E-state index contributed by atoms with van der Waals surface area (Å²) in [7, 11) is 0. The van der Waals surface area contributed by atoms with E-state index in [-0.39, 0.29) is 29.1 Å². The van der Waals surface area contributed by atoms with Crippen LogP contribution in [0.25, 0.3) is 0 Å². The van der Waals surface area contributed by atoms with Crippen LogP contribution in [0.2, 0.25) is 0 Å². The molecule has 0 spiro atoms.